The Balaban J connectivity index is 1.95. The van der Waals surface area contributed by atoms with E-state index in [1.807, 2.05) is 0 Å². The minimum atomic E-state index is 0.418. The van der Waals surface area contributed by atoms with Crippen LogP contribution in [0.2, 0.25) is 0 Å². The van der Waals surface area contributed by atoms with Crippen molar-refractivity contribution in [3.05, 3.63) is 41.2 Å². The van der Waals surface area contributed by atoms with Gasteiger partial charge in [-0.05, 0) is 31.4 Å². The van der Waals surface area contributed by atoms with E-state index in [2.05, 4.69) is 58.2 Å². The monoisotopic (exact) mass is 242 g/mol. The van der Waals surface area contributed by atoms with Crippen LogP contribution in [0, 0.1) is 0 Å². The second-order valence-electron chi connectivity index (χ2n) is 4.61. The van der Waals surface area contributed by atoms with E-state index < -0.39 is 0 Å². The minimum Gasteiger partial charge on any atom is -0.355 e. The molecule has 4 nitrogen and oxygen atoms in total. The molecule has 4 heteroatoms. The van der Waals surface area contributed by atoms with Crippen molar-refractivity contribution in [1.82, 2.24) is 14.8 Å². The number of aromatic nitrogens is 3. The van der Waals surface area contributed by atoms with Crippen LogP contribution in [0.3, 0.4) is 0 Å². The summed E-state index contributed by atoms with van der Waals surface area (Å²) in [5, 5.41) is 11.9. The predicted molar refractivity (Wildman–Crippen MR) is 71.8 cm³/mol. The maximum Gasteiger partial charge on any atom is 0.224 e. The lowest BCUT2D eigenvalue weighted by Gasteiger charge is -2.29. The molecule has 3 rings (SSSR count). The van der Waals surface area contributed by atoms with Crippen molar-refractivity contribution in [3.63, 3.8) is 0 Å². The third-order valence-electron chi connectivity index (χ3n) is 3.60. The van der Waals surface area contributed by atoms with Gasteiger partial charge in [-0.3, -0.25) is 4.57 Å². The molecule has 0 radical (unpaired) electrons. The predicted octanol–water partition coefficient (Wildman–Crippen LogP) is 2.42. The van der Waals surface area contributed by atoms with Crippen molar-refractivity contribution in [1.29, 1.82) is 0 Å². The van der Waals surface area contributed by atoms with Crippen molar-refractivity contribution in [2.45, 2.75) is 32.7 Å². The van der Waals surface area contributed by atoms with E-state index in [1.165, 1.54) is 11.1 Å². The Kier molecular flexibility index (Phi) is 2.78. The second-order valence-corrected chi connectivity index (χ2v) is 4.61. The molecule has 1 N–H and O–H groups in total. The van der Waals surface area contributed by atoms with Crippen molar-refractivity contribution in [2.75, 3.05) is 11.9 Å². The first-order valence-electron chi connectivity index (χ1n) is 6.59. The Morgan fingerprint density at radius 3 is 2.83 bits per heavy atom. The van der Waals surface area contributed by atoms with Gasteiger partial charge in [0, 0.05) is 19.0 Å². The third kappa shape index (κ3) is 1.60. The number of rotatable bonds is 4. The molecule has 0 aliphatic heterocycles. The Labute approximate surface area is 107 Å². The number of fused-ring (bicyclic) bond motifs is 1. The van der Waals surface area contributed by atoms with Gasteiger partial charge in [0.15, 0.2) is 0 Å². The first kappa shape index (κ1) is 11.3. The second kappa shape index (κ2) is 4.44. The molecular formula is C14H18N4. The molecule has 94 valence electrons. The highest BCUT2D eigenvalue weighted by atomic mass is 15.3. The van der Waals surface area contributed by atoms with Crippen LogP contribution in [-0.2, 0) is 13.0 Å². The maximum absolute atomic E-state index is 4.38. The molecule has 1 atom stereocenters. The molecular weight excluding hydrogens is 224 g/mol. The van der Waals surface area contributed by atoms with E-state index in [0.29, 0.717) is 5.92 Å². The van der Waals surface area contributed by atoms with Crippen molar-refractivity contribution in [3.8, 4) is 0 Å². The fourth-order valence-electron chi connectivity index (χ4n) is 2.66. The van der Waals surface area contributed by atoms with Crippen LogP contribution in [0.1, 0.15) is 36.7 Å². The van der Waals surface area contributed by atoms with Gasteiger partial charge in [0.1, 0.15) is 5.82 Å². The van der Waals surface area contributed by atoms with E-state index in [-0.39, 0.29) is 0 Å². The SMILES string of the molecule is CCNc1nnc(C2Cc3ccccc32)n1CC. The number of nitrogens with zero attached hydrogens (tertiary/aromatic N) is 3. The summed E-state index contributed by atoms with van der Waals surface area (Å²) in [5.74, 6) is 2.40. The molecule has 18 heavy (non-hydrogen) atoms. The number of nitrogens with one attached hydrogen (secondary N) is 1. The Morgan fingerprint density at radius 2 is 2.11 bits per heavy atom. The average molecular weight is 242 g/mol. The van der Waals surface area contributed by atoms with Gasteiger partial charge in [0.2, 0.25) is 5.95 Å². The highest BCUT2D eigenvalue weighted by Gasteiger charge is 2.31. The quantitative estimate of drug-likeness (QED) is 0.895. The van der Waals surface area contributed by atoms with Gasteiger partial charge in [-0.25, -0.2) is 0 Å². The first-order valence-corrected chi connectivity index (χ1v) is 6.59. The van der Waals surface area contributed by atoms with Crippen LogP contribution in [0.15, 0.2) is 24.3 Å². The van der Waals surface area contributed by atoms with Crippen LogP contribution < -0.4 is 5.32 Å². The first-order chi connectivity index (χ1) is 8.85. The number of hydrogen-bond acceptors (Lipinski definition) is 3. The summed E-state index contributed by atoms with van der Waals surface area (Å²) < 4.78 is 2.18. The Morgan fingerprint density at radius 1 is 1.28 bits per heavy atom. The van der Waals surface area contributed by atoms with Crippen molar-refractivity contribution < 1.29 is 0 Å². The highest BCUT2D eigenvalue weighted by molar-refractivity contribution is 5.45. The molecule has 0 amide bonds. The summed E-state index contributed by atoms with van der Waals surface area (Å²) in [4.78, 5) is 0. The fourth-order valence-corrected chi connectivity index (χ4v) is 2.66. The van der Waals surface area contributed by atoms with E-state index in [4.69, 9.17) is 0 Å². The molecule has 0 saturated heterocycles. The van der Waals surface area contributed by atoms with Gasteiger partial charge in [-0.1, -0.05) is 24.3 Å². The average Bonchev–Trinajstić information content (AvgIpc) is 2.74. The standard InChI is InChI=1S/C14H18N4/c1-3-15-14-17-16-13(18(14)4-2)12-9-10-7-5-6-8-11(10)12/h5-8,12H,3-4,9H2,1-2H3,(H,15,17). The number of anilines is 1. The molecule has 0 fully saturated rings. The molecule has 1 heterocycles. The molecule has 0 saturated carbocycles. The maximum atomic E-state index is 4.38. The summed E-state index contributed by atoms with van der Waals surface area (Å²) in [5.41, 5.74) is 2.85. The normalized spacial score (nSPS) is 17.1. The molecule has 1 unspecified atom stereocenters. The van der Waals surface area contributed by atoms with Gasteiger partial charge < -0.3 is 5.32 Å². The van der Waals surface area contributed by atoms with Gasteiger partial charge in [0.05, 0.1) is 0 Å². The van der Waals surface area contributed by atoms with Crippen LogP contribution in [0.25, 0.3) is 0 Å². The van der Waals surface area contributed by atoms with Gasteiger partial charge in [0.25, 0.3) is 0 Å². The van der Waals surface area contributed by atoms with Crippen molar-refractivity contribution in [2.24, 2.45) is 0 Å². The molecule has 1 aromatic heterocycles. The summed E-state index contributed by atoms with van der Waals surface area (Å²) in [6.07, 6.45) is 1.08. The van der Waals surface area contributed by atoms with E-state index >= 15 is 0 Å². The number of hydrogen-bond donors (Lipinski definition) is 1. The molecule has 2 aromatic rings. The van der Waals surface area contributed by atoms with Gasteiger partial charge in [-0.15, -0.1) is 10.2 Å². The molecule has 0 bridgehead atoms. The topological polar surface area (TPSA) is 42.7 Å². The lowest BCUT2D eigenvalue weighted by atomic mass is 9.77. The van der Waals surface area contributed by atoms with E-state index in [1.54, 1.807) is 0 Å². The summed E-state index contributed by atoms with van der Waals surface area (Å²) in [6.45, 7) is 5.99. The van der Waals surface area contributed by atoms with E-state index in [0.717, 1.165) is 31.3 Å². The highest BCUT2D eigenvalue weighted by Crippen LogP contribution is 2.39. The Hall–Kier alpha value is -1.84. The lowest BCUT2D eigenvalue weighted by molar-refractivity contribution is 0.599. The molecule has 1 aromatic carbocycles. The zero-order chi connectivity index (χ0) is 12.5. The third-order valence-corrected chi connectivity index (χ3v) is 3.60. The molecule has 0 spiro atoms. The van der Waals surface area contributed by atoms with Gasteiger partial charge in [-0.2, -0.15) is 0 Å². The van der Waals surface area contributed by atoms with Crippen LogP contribution in [0.4, 0.5) is 5.95 Å². The van der Waals surface area contributed by atoms with Crippen molar-refractivity contribution >= 4 is 5.95 Å². The zero-order valence-electron chi connectivity index (χ0n) is 10.8. The summed E-state index contributed by atoms with van der Waals surface area (Å²) >= 11 is 0. The van der Waals surface area contributed by atoms with Crippen LogP contribution in [0.5, 0.6) is 0 Å². The Bertz CT molecular complexity index is 559. The van der Waals surface area contributed by atoms with Gasteiger partial charge >= 0.3 is 0 Å². The fraction of sp³-hybridized carbons (Fsp3) is 0.429. The zero-order valence-corrected chi connectivity index (χ0v) is 10.8. The summed E-state index contributed by atoms with van der Waals surface area (Å²) in [7, 11) is 0. The van der Waals surface area contributed by atoms with Crippen LogP contribution in [-0.4, -0.2) is 21.3 Å². The van der Waals surface area contributed by atoms with Crippen LogP contribution >= 0.6 is 0 Å². The number of benzene rings is 1. The lowest BCUT2D eigenvalue weighted by Crippen LogP contribution is -2.22. The molecule has 1 aliphatic rings. The largest absolute Gasteiger partial charge is 0.355 e. The molecule has 1 aliphatic carbocycles. The smallest absolute Gasteiger partial charge is 0.224 e. The van der Waals surface area contributed by atoms with E-state index in [9.17, 15) is 0 Å². The summed E-state index contributed by atoms with van der Waals surface area (Å²) in [6, 6.07) is 8.60. The minimum absolute atomic E-state index is 0.418.